The maximum atomic E-state index is 13.8. The molecule has 4 heterocycles. The first-order valence-corrected chi connectivity index (χ1v) is 11.7. The molecule has 34 heavy (non-hydrogen) atoms. The van der Waals surface area contributed by atoms with E-state index in [2.05, 4.69) is 26.2 Å². The molecule has 7 nitrogen and oxygen atoms in total. The predicted molar refractivity (Wildman–Crippen MR) is 134 cm³/mol. The molecule has 0 aliphatic carbocycles. The average Bonchev–Trinajstić information content (AvgIpc) is 3.24. The SMILES string of the molecule is C[C@@H]1CCN(C)c2ccc(-c3cccc(N4CC[C@H](F)C4)c3)nc2N1C(=O)Nc1ccccn1. The van der Waals surface area contributed by atoms with Crippen molar-refractivity contribution < 1.29 is 9.18 Å². The number of aromatic nitrogens is 2. The summed E-state index contributed by atoms with van der Waals surface area (Å²) in [5.74, 6) is 1.12. The van der Waals surface area contributed by atoms with Gasteiger partial charge in [-0.05, 0) is 56.2 Å². The topological polar surface area (TPSA) is 64.6 Å². The highest BCUT2D eigenvalue weighted by molar-refractivity contribution is 6.03. The van der Waals surface area contributed by atoms with E-state index in [1.165, 1.54) is 0 Å². The van der Waals surface area contributed by atoms with Crippen LogP contribution in [-0.4, -0.2) is 54.9 Å². The minimum Gasteiger partial charge on any atom is -0.372 e. The highest BCUT2D eigenvalue weighted by Crippen LogP contribution is 2.36. The summed E-state index contributed by atoms with van der Waals surface area (Å²) in [5.41, 5.74) is 3.60. The highest BCUT2D eigenvalue weighted by Gasteiger charge is 2.31. The van der Waals surface area contributed by atoms with Crippen LogP contribution in [0.2, 0.25) is 0 Å². The lowest BCUT2D eigenvalue weighted by Gasteiger charge is -2.28. The lowest BCUT2D eigenvalue weighted by atomic mass is 10.1. The van der Waals surface area contributed by atoms with Crippen molar-refractivity contribution in [3.8, 4) is 11.3 Å². The van der Waals surface area contributed by atoms with Gasteiger partial charge < -0.3 is 9.80 Å². The molecule has 0 bridgehead atoms. The van der Waals surface area contributed by atoms with Gasteiger partial charge in [-0.1, -0.05) is 18.2 Å². The first kappa shape index (κ1) is 22.1. The maximum absolute atomic E-state index is 13.8. The normalized spacial score (nSPS) is 20.1. The van der Waals surface area contributed by atoms with Gasteiger partial charge in [-0.2, -0.15) is 0 Å². The van der Waals surface area contributed by atoms with E-state index in [0.717, 1.165) is 35.6 Å². The summed E-state index contributed by atoms with van der Waals surface area (Å²) in [4.78, 5) is 28.5. The number of pyridine rings is 2. The molecule has 2 amide bonds. The van der Waals surface area contributed by atoms with Crippen LogP contribution in [-0.2, 0) is 0 Å². The van der Waals surface area contributed by atoms with Gasteiger partial charge in [-0.3, -0.25) is 10.2 Å². The Labute approximate surface area is 199 Å². The number of nitrogens with one attached hydrogen (secondary N) is 1. The fraction of sp³-hybridized carbons (Fsp3) is 0.346. The first-order chi connectivity index (χ1) is 16.5. The number of urea groups is 1. The van der Waals surface area contributed by atoms with Gasteiger partial charge in [0.1, 0.15) is 12.0 Å². The van der Waals surface area contributed by atoms with Crippen molar-refractivity contribution >= 4 is 29.0 Å². The molecule has 2 aromatic heterocycles. The van der Waals surface area contributed by atoms with Crippen LogP contribution < -0.4 is 20.0 Å². The molecule has 1 fully saturated rings. The lowest BCUT2D eigenvalue weighted by Crippen LogP contribution is -2.42. The minimum atomic E-state index is -0.780. The number of fused-ring (bicyclic) bond motifs is 1. The number of rotatable bonds is 3. The second kappa shape index (κ2) is 9.29. The monoisotopic (exact) mass is 460 g/mol. The molecule has 1 saturated heterocycles. The summed E-state index contributed by atoms with van der Waals surface area (Å²) >= 11 is 0. The van der Waals surface area contributed by atoms with Crippen molar-refractivity contribution in [3.63, 3.8) is 0 Å². The summed E-state index contributed by atoms with van der Waals surface area (Å²) in [6.07, 6.45) is 2.24. The number of hydrogen-bond donors (Lipinski definition) is 1. The Bertz CT molecular complexity index is 1170. The zero-order chi connectivity index (χ0) is 23.7. The van der Waals surface area contributed by atoms with Gasteiger partial charge >= 0.3 is 6.03 Å². The van der Waals surface area contributed by atoms with E-state index < -0.39 is 6.17 Å². The molecule has 1 aromatic carbocycles. The molecule has 3 aromatic rings. The van der Waals surface area contributed by atoms with Crippen molar-refractivity contribution in [3.05, 3.63) is 60.8 Å². The Morgan fingerprint density at radius 1 is 1.09 bits per heavy atom. The molecule has 0 radical (unpaired) electrons. The molecular weight excluding hydrogens is 431 g/mol. The van der Waals surface area contributed by atoms with Gasteiger partial charge in [0.2, 0.25) is 0 Å². The fourth-order valence-corrected chi connectivity index (χ4v) is 4.63. The molecule has 2 aliphatic heterocycles. The van der Waals surface area contributed by atoms with E-state index in [9.17, 15) is 9.18 Å². The van der Waals surface area contributed by atoms with Gasteiger partial charge in [0.25, 0.3) is 0 Å². The fourth-order valence-electron chi connectivity index (χ4n) is 4.63. The van der Waals surface area contributed by atoms with Crippen molar-refractivity contribution in [1.29, 1.82) is 0 Å². The molecule has 1 N–H and O–H groups in total. The molecule has 176 valence electrons. The van der Waals surface area contributed by atoms with Crippen molar-refractivity contribution in [2.75, 3.05) is 46.7 Å². The molecular formula is C26H29FN6O. The van der Waals surface area contributed by atoms with E-state index in [1.54, 1.807) is 17.2 Å². The zero-order valence-electron chi connectivity index (χ0n) is 19.5. The van der Waals surface area contributed by atoms with E-state index in [0.29, 0.717) is 31.1 Å². The number of carbonyl (C=O) groups is 1. The number of benzene rings is 1. The van der Waals surface area contributed by atoms with E-state index in [-0.39, 0.29) is 12.1 Å². The van der Waals surface area contributed by atoms with E-state index in [4.69, 9.17) is 4.98 Å². The highest BCUT2D eigenvalue weighted by atomic mass is 19.1. The Balaban J connectivity index is 1.51. The number of nitrogens with zero attached hydrogens (tertiary/aromatic N) is 5. The molecule has 0 unspecified atom stereocenters. The molecule has 0 spiro atoms. The van der Waals surface area contributed by atoms with Crippen LogP contribution in [0.25, 0.3) is 11.3 Å². The largest absolute Gasteiger partial charge is 0.372 e. The minimum absolute atomic E-state index is 0.0485. The van der Waals surface area contributed by atoms with E-state index >= 15 is 0 Å². The third-order valence-corrected chi connectivity index (χ3v) is 6.57. The number of carbonyl (C=O) groups excluding carboxylic acids is 1. The number of hydrogen-bond acceptors (Lipinski definition) is 5. The second-order valence-corrected chi connectivity index (χ2v) is 9.00. The standard InChI is InChI=1S/C26H29FN6O/c1-18-11-14-31(2)23-10-9-22(19-6-5-7-21(16-19)32-15-12-20(27)17-32)29-25(23)33(18)26(34)30-24-8-3-4-13-28-24/h3-10,13,16,18,20H,11-12,14-15,17H2,1-2H3,(H,28,30,34)/t18-,20+/m1/s1. The summed E-state index contributed by atoms with van der Waals surface area (Å²) in [6.45, 7) is 3.99. The van der Waals surface area contributed by atoms with E-state index in [1.807, 2.05) is 56.4 Å². The van der Waals surface area contributed by atoms with Gasteiger partial charge in [-0.25, -0.2) is 19.2 Å². The second-order valence-electron chi connectivity index (χ2n) is 9.00. The van der Waals surface area contributed by atoms with Gasteiger partial charge in [0.15, 0.2) is 5.82 Å². The molecule has 8 heteroatoms. The van der Waals surface area contributed by atoms with Gasteiger partial charge in [0, 0.05) is 50.2 Å². The molecule has 2 aliphatic rings. The van der Waals surface area contributed by atoms with Crippen molar-refractivity contribution in [2.24, 2.45) is 0 Å². The smallest absolute Gasteiger partial charge is 0.328 e. The van der Waals surface area contributed by atoms with Crippen LogP contribution in [0.4, 0.5) is 32.2 Å². The Morgan fingerprint density at radius 3 is 2.74 bits per heavy atom. The van der Waals surface area contributed by atoms with Crippen molar-refractivity contribution in [2.45, 2.75) is 32.0 Å². The first-order valence-electron chi connectivity index (χ1n) is 11.7. The maximum Gasteiger partial charge on any atom is 0.328 e. The summed E-state index contributed by atoms with van der Waals surface area (Å²) < 4.78 is 13.8. The van der Waals surface area contributed by atoms with Crippen LogP contribution in [0.15, 0.2) is 60.8 Å². The van der Waals surface area contributed by atoms with Gasteiger partial charge in [0.05, 0.1) is 11.4 Å². The van der Waals surface area contributed by atoms with Crippen LogP contribution in [0, 0.1) is 0 Å². The van der Waals surface area contributed by atoms with Crippen LogP contribution in [0.3, 0.4) is 0 Å². The lowest BCUT2D eigenvalue weighted by molar-refractivity contribution is 0.255. The Hall–Kier alpha value is -3.68. The quantitative estimate of drug-likeness (QED) is 0.599. The summed E-state index contributed by atoms with van der Waals surface area (Å²) in [6, 6.07) is 17.2. The number of alkyl halides is 1. The third kappa shape index (κ3) is 4.40. The Kier molecular flexibility index (Phi) is 6.04. The van der Waals surface area contributed by atoms with Crippen LogP contribution in [0.5, 0.6) is 0 Å². The summed E-state index contributed by atoms with van der Waals surface area (Å²) in [5, 5.41) is 2.91. The predicted octanol–water partition coefficient (Wildman–Crippen LogP) is 4.96. The molecule has 0 saturated carbocycles. The van der Waals surface area contributed by atoms with Crippen LogP contribution in [0.1, 0.15) is 19.8 Å². The summed E-state index contributed by atoms with van der Waals surface area (Å²) in [7, 11) is 2.02. The number of anilines is 4. The zero-order valence-corrected chi connectivity index (χ0v) is 19.5. The molecule has 2 atom stereocenters. The Morgan fingerprint density at radius 2 is 1.97 bits per heavy atom. The molecule has 5 rings (SSSR count). The van der Waals surface area contributed by atoms with Crippen molar-refractivity contribution in [1.82, 2.24) is 9.97 Å². The number of halogens is 1. The van der Waals surface area contributed by atoms with Gasteiger partial charge in [-0.15, -0.1) is 0 Å². The van der Waals surface area contributed by atoms with Crippen LogP contribution >= 0.6 is 0 Å². The number of amides is 2. The average molecular weight is 461 g/mol. The third-order valence-electron chi connectivity index (χ3n) is 6.57.